The summed E-state index contributed by atoms with van der Waals surface area (Å²) in [6.07, 6.45) is 4.98. The van der Waals surface area contributed by atoms with E-state index >= 15 is 0 Å². The summed E-state index contributed by atoms with van der Waals surface area (Å²) < 4.78 is 4.60. The molecule has 0 fully saturated rings. The Kier molecular flexibility index (Phi) is 5.29. The molecule has 0 bridgehead atoms. The highest BCUT2D eigenvalue weighted by molar-refractivity contribution is 7.80. The maximum absolute atomic E-state index is 11.0. The van der Waals surface area contributed by atoms with Gasteiger partial charge in [-0.1, -0.05) is 0 Å². The van der Waals surface area contributed by atoms with E-state index in [0.29, 0.717) is 24.5 Å². The lowest BCUT2D eigenvalue weighted by atomic mass is 10.1. The van der Waals surface area contributed by atoms with Gasteiger partial charge in [0.05, 0.1) is 18.5 Å². The molecule has 2 rings (SSSR count). The van der Waals surface area contributed by atoms with Crippen molar-refractivity contribution >= 4 is 29.0 Å². The predicted molar refractivity (Wildman–Crippen MR) is 81.8 cm³/mol. The normalized spacial score (nSPS) is 13.6. The number of nitrogens with one attached hydrogen (secondary N) is 1. The highest BCUT2D eigenvalue weighted by Crippen LogP contribution is 2.24. The van der Waals surface area contributed by atoms with E-state index in [1.165, 1.54) is 7.11 Å². The first kappa shape index (κ1) is 14.7. The number of methoxy groups -OCH3 is 1. The molecule has 1 aliphatic heterocycles. The molecular formula is C14H19N3O2S. The second-order valence-corrected chi connectivity index (χ2v) is 5.02. The van der Waals surface area contributed by atoms with Gasteiger partial charge in [-0.3, -0.25) is 9.78 Å². The molecule has 0 radical (unpaired) electrons. The standard InChI is InChI=1S/C14H19N3O2S/c1-19-13(18)7-3-9-16-14(20)17-10-4-5-11-12(17)6-2-8-15-11/h2,6,8H,3-5,7,9-10H2,1H3,(H,16,20). The largest absolute Gasteiger partial charge is 0.469 e. The van der Waals surface area contributed by atoms with Crippen molar-refractivity contribution in [2.24, 2.45) is 0 Å². The van der Waals surface area contributed by atoms with Crippen molar-refractivity contribution in [1.29, 1.82) is 0 Å². The summed E-state index contributed by atoms with van der Waals surface area (Å²) in [4.78, 5) is 17.5. The summed E-state index contributed by atoms with van der Waals surface area (Å²) in [5, 5.41) is 3.89. The fraction of sp³-hybridized carbons (Fsp3) is 0.500. The Labute approximate surface area is 124 Å². The third kappa shape index (κ3) is 3.66. The van der Waals surface area contributed by atoms with Crippen molar-refractivity contribution in [1.82, 2.24) is 10.3 Å². The van der Waals surface area contributed by atoms with Crippen LogP contribution in [0.1, 0.15) is 25.0 Å². The molecule has 0 unspecified atom stereocenters. The van der Waals surface area contributed by atoms with E-state index < -0.39 is 0 Å². The van der Waals surface area contributed by atoms with Crippen LogP contribution < -0.4 is 10.2 Å². The summed E-state index contributed by atoms with van der Waals surface area (Å²) in [6.45, 7) is 1.57. The summed E-state index contributed by atoms with van der Waals surface area (Å²) in [7, 11) is 1.40. The Morgan fingerprint density at radius 2 is 2.45 bits per heavy atom. The summed E-state index contributed by atoms with van der Waals surface area (Å²) >= 11 is 5.43. The fourth-order valence-electron chi connectivity index (χ4n) is 2.23. The van der Waals surface area contributed by atoms with E-state index in [2.05, 4.69) is 19.9 Å². The van der Waals surface area contributed by atoms with Gasteiger partial charge in [0.2, 0.25) is 0 Å². The molecule has 0 aliphatic carbocycles. The first-order valence-electron chi connectivity index (χ1n) is 6.78. The molecule has 1 N–H and O–H groups in total. The lowest BCUT2D eigenvalue weighted by molar-refractivity contribution is -0.140. The van der Waals surface area contributed by atoms with Crippen LogP contribution in [0.15, 0.2) is 18.3 Å². The molecule has 0 aromatic carbocycles. The minimum Gasteiger partial charge on any atom is -0.469 e. The zero-order valence-electron chi connectivity index (χ0n) is 11.6. The van der Waals surface area contributed by atoms with Crippen molar-refractivity contribution in [2.45, 2.75) is 25.7 Å². The van der Waals surface area contributed by atoms with Crippen molar-refractivity contribution < 1.29 is 9.53 Å². The molecule has 1 aromatic rings. The average molecular weight is 293 g/mol. The van der Waals surface area contributed by atoms with E-state index in [1.54, 1.807) is 0 Å². The minimum absolute atomic E-state index is 0.190. The molecule has 0 saturated heterocycles. The molecule has 0 spiro atoms. The molecule has 2 heterocycles. The van der Waals surface area contributed by atoms with Crippen molar-refractivity contribution in [2.75, 3.05) is 25.1 Å². The second-order valence-electron chi connectivity index (χ2n) is 4.64. The SMILES string of the molecule is COC(=O)CCCNC(=S)N1CCCc2ncccc21. The molecule has 6 heteroatoms. The van der Waals surface area contributed by atoms with E-state index in [9.17, 15) is 4.79 Å². The number of carbonyl (C=O) groups excluding carboxylic acids is 1. The van der Waals surface area contributed by atoms with E-state index in [-0.39, 0.29) is 5.97 Å². The number of aromatic nitrogens is 1. The Bertz CT molecular complexity index is 493. The molecule has 20 heavy (non-hydrogen) atoms. The zero-order chi connectivity index (χ0) is 14.4. The van der Waals surface area contributed by atoms with Gasteiger partial charge in [0.25, 0.3) is 0 Å². The van der Waals surface area contributed by atoms with Gasteiger partial charge in [0.15, 0.2) is 5.11 Å². The topological polar surface area (TPSA) is 54.5 Å². The minimum atomic E-state index is -0.190. The quantitative estimate of drug-likeness (QED) is 0.518. The highest BCUT2D eigenvalue weighted by atomic mass is 32.1. The van der Waals surface area contributed by atoms with E-state index in [4.69, 9.17) is 12.2 Å². The van der Waals surface area contributed by atoms with Gasteiger partial charge in [-0.15, -0.1) is 0 Å². The number of fused-ring (bicyclic) bond motifs is 1. The van der Waals surface area contributed by atoms with Crippen LogP contribution in [0.4, 0.5) is 5.69 Å². The molecule has 0 saturated carbocycles. The maximum Gasteiger partial charge on any atom is 0.305 e. The summed E-state index contributed by atoms with van der Waals surface area (Å²) in [5.74, 6) is -0.190. The Hall–Kier alpha value is -1.69. The van der Waals surface area contributed by atoms with Crippen LogP contribution >= 0.6 is 12.2 Å². The van der Waals surface area contributed by atoms with Crippen LogP contribution in [-0.2, 0) is 16.0 Å². The molecule has 0 amide bonds. The van der Waals surface area contributed by atoms with Crippen molar-refractivity contribution in [3.63, 3.8) is 0 Å². The van der Waals surface area contributed by atoms with Crippen molar-refractivity contribution in [3.05, 3.63) is 24.0 Å². The Balaban J connectivity index is 1.86. The zero-order valence-corrected chi connectivity index (χ0v) is 12.4. The van der Waals surface area contributed by atoms with Gasteiger partial charge in [-0.2, -0.15) is 0 Å². The smallest absolute Gasteiger partial charge is 0.305 e. The number of carbonyl (C=O) groups is 1. The Morgan fingerprint density at radius 1 is 1.60 bits per heavy atom. The molecule has 0 atom stereocenters. The number of anilines is 1. The number of ether oxygens (including phenoxy) is 1. The van der Waals surface area contributed by atoms with Crippen LogP contribution in [-0.4, -0.2) is 36.3 Å². The van der Waals surface area contributed by atoms with Gasteiger partial charge in [0.1, 0.15) is 0 Å². The Morgan fingerprint density at radius 3 is 3.25 bits per heavy atom. The monoisotopic (exact) mass is 293 g/mol. The van der Waals surface area contributed by atoms with Gasteiger partial charge in [-0.25, -0.2) is 0 Å². The summed E-state index contributed by atoms with van der Waals surface area (Å²) in [6, 6.07) is 3.97. The van der Waals surface area contributed by atoms with Crippen molar-refractivity contribution in [3.8, 4) is 0 Å². The predicted octanol–water partition coefficient (Wildman–Crippen LogP) is 1.66. The number of hydrogen-bond donors (Lipinski definition) is 1. The maximum atomic E-state index is 11.0. The lowest BCUT2D eigenvalue weighted by Gasteiger charge is -2.30. The fourth-order valence-corrected chi connectivity index (χ4v) is 2.52. The number of rotatable bonds is 4. The van der Waals surface area contributed by atoms with Crippen LogP contribution in [0.3, 0.4) is 0 Å². The molecule has 108 valence electrons. The van der Waals surface area contributed by atoms with Gasteiger partial charge in [-0.05, 0) is 43.6 Å². The highest BCUT2D eigenvalue weighted by Gasteiger charge is 2.20. The van der Waals surface area contributed by atoms with Crippen LogP contribution in [0.25, 0.3) is 0 Å². The molecule has 5 nitrogen and oxygen atoms in total. The number of thiocarbonyl (C=S) groups is 1. The van der Waals surface area contributed by atoms with E-state index in [0.717, 1.165) is 30.8 Å². The second kappa shape index (κ2) is 7.19. The number of aryl methyl sites for hydroxylation is 1. The van der Waals surface area contributed by atoms with Crippen LogP contribution in [0.5, 0.6) is 0 Å². The third-order valence-electron chi connectivity index (χ3n) is 3.26. The number of hydrogen-bond acceptors (Lipinski definition) is 4. The molecule has 1 aromatic heterocycles. The average Bonchev–Trinajstić information content (AvgIpc) is 2.50. The molecular weight excluding hydrogens is 274 g/mol. The number of esters is 1. The first-order valence-corrected chi connectivity index (χ1v) is 7.19. The lowest BCUT2D eigenvalue weighted by Crippen LogP contribution is -2.43. The summed E-state index contributed by atoms with van der Waals surface area (Å²) in [5.41, 5.74) is 2.18. The number of pyridine rings is 1. The van der Waals surface area contributed by atoms with E-state index in [1.807, 2.05) is 18.3 Å². The van der Waals surface area contributed by atoms with Crippen LogP contribution in [0, 0.1) is 0 Å². The first-order chi connectivity index (χ1) is 9.72. The van der Waals surface area contributed by atoms with Crippen LogP contribution in [0.2, 0.25) is 0 Å². The van der Waals surface area contributed by atoms with Gasteiger partial charge >= 0.3 is 5.97 Å². The third-order valence-corrected chi connectivity index (χ3v) is 3.62. The molecule has 1 aliphatic rings. The van der Waals surface area contributed by atoms with Gasteiger partial charge in [0, 0.05) is 25.7 Å². The van der Waals surface area contributed by atoms with Gasteiger partial charge < -0.3 is 15.0 Å². The number of nitrogens with zero attached hydrogens (tertiary/aromatic N) is 2.